The van der Waals surface area contributed by atoms with Gasteiger partial charge in [-0.15, -0.1) is 0 Å². The molecule has 0 aromatic carbocycles. The van der Waals surface area contributed by atoms with Crippen LogP contribution in [0.2, 0.25) is 0 Å². The Kier molecular flexibility index (Phi) is 1.70. The van der Waals surface area contributed by atoms with Crippen LogP contribution in [0.25, 0.3) is 0 Å². The second-order valence-corrected chi connectivity index (χ2v) is 3.53. The largest absolute Gasteiger partial charge is 0.469 e. The standard InChI is InChI=1S/C9H13NO2/c1-7-2-3-12-8(7)4-9(11)5-10-6-9/h2-3,10-11H,4-6H2,1H3. The number of furan rings is 1. The highest BCUT2D eigenvalue weighted by atomic mass is 16.3. The van der Waals surface area contributed by atoms with Crippen LogP contribution >= 0.6 is 0 Å². The van der Waals surface area contributed by atoms with Crippen molar-refractivity contribution in [3.8, 4) is 0 Å². The van der Waals surface area contributed by atoms with Gasteiger partial charge < -0.3 is 14.8 Å². The van der Waals surface area contributed by atoms with E-state index in [9.17, 15) is 5.11 Å². The molecule has 0 aliphatic carbocycles. The Labute approximate surface area is 71.4 Å². The van der Waals surface area contributed by atoms with Crippen LogP contribution in [0.4, 0.5) is 0 Å². The van der Waals surface area contributed by atoms with Crippen molar-refractivity contribution in [2.75, 3.05) is 13.1 Å². The predicted molar refractivity (Wildman–Crippen MR) is 45.0 cm³/mol. The van der Waals surface area contributed by atoms with Gasteiger partial charge in [-0.25, -0.2) is 0 Å². The number of nitrogens with one attached hydrogen (secondary N) is 1. The topological polar surface area (TPSA) is 45.4 Å². The minimum atomic E-state index is -0.567. The molecule has 0 spiro atoms. The van der Waals surface area contributed by atoms with Crippen molar-refractivity contribution in [1.29, 1.82) is 0 Å². The summed E-state index contributed by atoms with van der Waals surface area (Å²) in [7, 11) is 0. The SMILES string of the molecule is Cc1ccoc1CC1(O)CNC1. The molecule has 2 rings (SSSR count). The first-order valence-corrected chi connectivity index (χ1v) is 4.16. The van der Waals surface area contributed by atoms with Crippen molar-refractivity contribution in [1.82, 2.24) is 5.32 Å². The molecule has 12 heavy (non-hydrogen) atoms. The molecule has 2 N–H and O–H groups in total. The molecule has 1 aliphatic heterocycles. The number of hydrogen-bond donors (Lipinski definition) is 2. The molecule has 3 nitrogen and oxygen atoms in total. The maximum atomic E-state index is 9.78. The molecule has 1 aliphatic rings. The van der Waals surface area contributed by atoms with Crippen molar-refractivity contribution in [2.24, 2.45) is 0 Å². The van der Waals surface area contributed by atoms with Crippen LogP contribution in [0.5, 0.6) is 0 Å². The number of hydrogen-bond acceptors (Lipinski definition) is 3. The fourth-order valence-corrected chi connectivity index (χ4v) is 1.42. The summed E-state index contributed by atoms with van der Waals surface area (Å²) in [6, 6.07) is 1.92. The highest BCUT2D eigenvalue weighted by molar-refractivity contribution is 5.18. The lowest BCUT2D eigenvalue weighted by Gasteiger charge is -2.37. The average Bonchev–Trinajstić information content (AvgIpc) is 2.34. The second kappa shape index (κ2) is 2.61. The molecule has 1 saturated heterocycles. The lowest BCUT2D eigenvalue weighted by Crippen LogP contribution is -2.60. The van der Waals surface area contributed by atoms with Gasteiger partial charge in [0, 0.05) is 19.5 Å². The summed E-state index contributed by atoms with van der Waals surface area (Å²) in [5.74, 6) is 0.902. The van der Waals surface area contributed by atoms with E-state index in [0.29, 0.717) is 19.5 Å². The summed E-state index contributed by atoms with van der Waals surface area (Å²) >= 11 is 0. The highest BCUT2D eigenvalue weighted by Gasteiger charge is 2.35. The number of β-amino-alcohol motifs (C(OH)–C–C–N with tert-alkyl or cyclic N) is 1. The zero-order valence-corrected chi connectivity index (χ0v) is 7.13. The first kappa shape index (κ1) is 7.83. The number of aryl methyl sites for hydroxylation is 1. The molecular weight excluding hydrogens is 154 g/mol. The molecule has 0 radical (unpaired) electrons. The Bertz CT molecular complexity index is 276. The molecule has 2 heterocycles. The normalized spacial score (nSPS) is 20.5. The van der Waals surface area contributed by atoms with Crippen LogP contribution in [0.3, 0.4) is 0 Å². The van der Waals surface area contributed by atoms with Gasteiger partial charge in [0.2, 0.25) is 0 Å². The van der Waals surface area contributed by atoms with Crippen LogP contribution in [0, 0.1) is 6.92 Å². The minimum absolute atomic E-state index is 0.567. The summed E-state index contributed by atoms with van der Waals surface area (Å²) in [6.07, 6.45) is 2.29. The molecule has 0 bridgehead atoms. The Balaban J connectivity index is 2.08. The molecule has 1 fully saturated rings. The van der Waals surface area contributed by atoms with Crippen molar-refractivity contribution in [2.45, 2.75) is 18.9 Å². The van der Waals surface area contributed by atoms with Crippen molar-refractivity contribution in [3.63, 3.8) is 0 Å². The summed E-state index contributed by atoms with van der Waals surface area (Å²) in [6.45, 7) is 3.34. The van der Waals surface area contributed by atoms with E-state index in [1.54, 1.807) is 6.26 Å². The first-order valence-electron chi connectivity index (χ1n) is 4.16. The monoisotopic (exact) mass is 167 g/mol. The quantitative estimate of drug-likeness (QED) is 0.672. The molecule has 3 heteroatoms. The Morgan fingerprint density at radius 3 is 2.83 bits per heavy atom. The zero-order valence-electron chi connectivity index (χ0n) is 7.13. The highest BCUT2D eigenvalue weighted by Crippen LogP contribution is 2.20. The maximum Gasteiger partial charge on any atom is 0.109 e. The molecule has 1 aromatic heterocycles. The van der Waals surface area contributed by atoms with Gasteiger partial charge in [0.05, 0.1) is 11.9 Å². The Morgan fingerprint density at radius 1 is 1.67 bits per heavy atom. The fourth-order valence-electron chi connectivity index (χ4n) is 1.42. The van der Waals surface area contributed by atoms with E-state index < -0.39 is 5.60 Å². The van der Waals surface area contributed by atoms with Crippen LogP contribution in [-0.2, 0) is 6.42 Å². The summed E-state index contributed by atoms with van der Waals surface area (Å²) in [5, 5.41) is 12.8. The van der Waals surface area contributed by atoms with E-state index in [1.807, 2.05) is 13.0 Å². The van der Waals surface area contributed by atoms with Crippen LogP contribution in [0.15, 0.2) is 16.7 Å². The van der Waals surface area contributed by atoms with Crippen molar-refractivity contribution in [3.05, 3.63) is 23.7 Å². The van der Waals surface area contributed by atoms with E-state index in [1.165, 1.54) is 0 Å². The second-order valence-electron chi connectivity index (χ2n) is 3.53. The van der Waals surface area contributed by atoms with Gasteiger partial charge in [-0.3, -0.25) is 0 Å². The van der Waals surface area contributed by atoms with Crippen LogP contribution in [0.1, 0.15) is 11.3 Å². The number of rotatable bonds is 2. The maximum absolute atomic E-state index is 9.78. The molecule has 0 atom stereocenters. The third-order valence-corrected chi connectivity index (χ3v) is 2.37. The lowest BCUT2D eigenvalue weighted by atomic mass is 9.91. The van der Waals surface area contributed by atoms with Gasteiger partial charge in [0.15, 0.2) is 0 Å². The van der Waals surface area contributed by atoms with Gasteiger partial charge in [-0.05, 0) is 18.6 Å². The molecule has 1 aromatic rings. The van der Waals surface area contributed by atoms with Crippen LogP contribution in [-0.4, -0.2) is 23.8 Å². The van der Waals surface area contributed by atoms with E-state index in [4.69, 9.17) is 4.42 Å². The minimum Gasteiger partial charge on any atom is -0.469 e. The van der Waals surface area contributed by atoms with Crippen molar-refractivity contribution < 1.29 is 9.52 Å². The molecular formula is C9H13NO2. The number of aliphatic hydroxyl groups is 1. The molecule has 0 amide bonds. The molecule has 0 saturated carbocycles. The first-order chi connectivity index (χ1) is 5.70. The molecule has 0 unspecified atom stereocenters. The Morgan fingerprint density at radius 2 is 2.42 bits per heavy atom. The van der Waals surface area contributed by atoms with E-state index in [2.05, 4.69) is 5.32 Å². The zero-order chi connectivity index (χ0) is 8.60. The summed E-state index contributed by atoms with van der Waals surface area (Å²) in [4.78, 5) is 0. The van der Waals surface area contributed by atoms with Gasteiger partial charge >= 0.3 is 0 Å². The fraction of sp³-hybridized carbons (Fsp3) is 0.556. The molecule has 66 valence electrons. The summed E-state index contributed by atoms with van der Waals surface area (Å²) < 4.78 is 5.25. The van der Waals surface area contributed by atoms with E-state index in [-0.39, 0.29) is 0 Å². The smallest absolute Gasteiger partial charge is 0.109 e. The summed E-state index contributed by atoms with van der Waals surface area (Å²) in [5.41, 5.74) is 0.554. The van der Waals surface area contributed by atoms with E-state index >= 15 is 0 Å². The van der Waals surface area contributed by atoms with Gasteiger partial charge in [-0.1, -0.05) is 0 Å². The van der Waals surface area contributed by atoms with Crippen molar-refractivity contribution >= 4 is 0 Å². The Hall–Kier alpha value is -0.800. The van der Waals surface area contributed by atoms with Crippen LogP contribution < -0.4 is 5.32 Å². The van der Waals surface area contributed by atoms with E-state index in [0.717, 1.165) is 11.3 Å². The van der Waals surface area contributed by atoms with Gasteiger partial charge in [0.1, 0.15) is 5.76 Å². The predicted octanol–water partition coefficient (Wildman–Crippen LogP) is 0.465. The lowest BCUT2D eigenvalue weighted by molar-refractivity contribution is -0.0131. The third kappa shape index (κ3) is 1.26. The van der Waals surface area contributed by atoms with Gasteiger partial charge in [-0.2, -0.15) is 0 Å². The average molecular weight is 167 g/mol. The van der Waals surface area contributed by atoms with Gasteiger partial charge in [0.25, 0.3) is 0 Å². The third-order valence-electron chi connectivity index (χ3n) is 2.37.